The van der Waals surface area contributed by atoms with Gasteiger partial charge in [-0.05, 0) is 54.1 Å². The van der Waals surface area contributed by atoms with Gasteiger partial charge in [-0.15, -0.1) is 0 Å². The van der Waals surface area contributed by atoms with Crippen molar-refractivity contribution in [2.45, 2.75) is 6.18 Å². The third kappa shape index (κ3) is 3.76. The number of alkyl halides is 3. The molecular formula is C38H22F3N3. The minimum atomic E-state index is -4.58. The number of hydrogen-bond acceptors (Lipinski definition) is 0. The molecule has 6 heteroatoms. The minimum Gasteiger partial charge on any atom is -0.310 e. The zero-order valence-electron chi connectivity index (χ0n) is 23.2. The summed E-state index contributed by atoms with van der Waals surface area (Å²) >= 11 is 0. The van der Waals surface area contributed by atoms with E-state index in [1.54, 1.807) is 12.1 Å². The van der Waals surface area contributed by atoms with Crippen molar-refractivity contribution in [1.82, 2.24) is 9.13 Å². The number of fused-ring (bicyclic) bond motifs is 6. The number of benzene rings is 6. The van der Waals surface area contributed by atoms with Crippen molar-refractivity contribution in [2.75, 3.05) is 0 Å². The summed E-state index contributed by atoms with van der Waals surface area (Å²) < 4.78 is 47.2. The Labute approximate surface area is 250 Å². The fourth-order valence-electron chi connectivity index (χ4n) is 6.56. The molecule has 0 aliphatic rings. The second-order valence-corrected chi connectivity index (χ2v) is 10.8. The highest BCUT2D eigenvalue weighted by Crippen LogP contribution is 2.46. The second kappa shape index (κ2) is 9.62. The van der Waals surface area contributed by atoms with Crippen LogP contribution in [0.15, 0.2) is 133 Å². The van der Waals surface area contributed by atoms with Gasteiger partial charge in [0.1, 0.15) is 0 Å². The number of rotatable bonds is 3. The molecule has 8 aromatic rings. The first kappa shape index (κ1) is 25.9. The first-order chi connectivity index (χ1) is 21.5. The standard InChI is InChI=1S/C38H22F3N3/c1-42-30-15-10-20-36(44-33-18-8-4-13-27(33)28-14-5-9-19-34(28)44)37(30)29-23-24(38(39,40)41)21-22-35(29)43-31-16-6-2-11-25(31)26-12-3-7-17-32(26)43/h2-23H. The van der Waals surface area contributed by atoms with Crippen molar-refractivity contribution in [1.29, 1.82) is 0 Å². The van der Waals surface area contributed by atoms with Gasteiger partial charge >= 0.3 is 6.18 Å². The summed E-state index contributed by atoms with van der Waals surface area (Å²) in [5.41, 5.74) is 5.01. The number of para-hydroxylation sites is 4. The van der Waals surface area contributed by atoms with E-state index in [9.17, 15) is 13.2 Å². The lowest BCUT2D eigenvalue weighted by atomic mass is 9.96. The molecule has 44 heavy (non-hydrogen) atoms. The lowest BCUT2D eigenvalue weighted by molar-refractivity contribution is -0.137. The van der Waals surface area contributed by atoms with E-state index in [-0.39, 0.29) is 5.69 Å². The van der Waals surface area contributed by atoms with Crippen LogP contribution < -0.4 is 0 Å². The van der Waals surface area contributed by atoms with Crippen LogP contribution in [0.5, 0.6) is 0 Å². The number of aromatic nitrogens is 2. The first-order valence-corrected chi connectivity index (χ1v) is 14.1. The van der Waals surface area contributed by atoms with Crippen molar-refractivity contribution in [2.24, 2.45) is 0 Å². The zero-order chi connectivity index (χ0) is 30.0. The van der Waals surface area contributed by atoms with E-state index in [0.717, 1.165) is 49.7 Å². The van der Waals surface area contributed by atoms with Crippen molar-refractivity contribution in [3.05, 3.63) is 150 Å². The highest BCUT2D eigenvalue weighted by atomic mass is 19.4. The summed E-state index contributed by atoms with van der Waals surface area (Å²) in [6, 6.07) is 40.9. The molecule has 0 saturated carbocycles. The predicted molar refractivity (Wildman–Crippen MR) is 172 cm³/mol. The number of nitrogens with zero attached hydrogens (tertiary/aromatic N) is 3. The molecule has 0 fully saturated rings. The van der Waals surface area contributed by atoms with Crippen LogP contribution in [-0.4, -0.2) is 9.13 Å². The van der Waals surface area contributed by atoms with Gasteiger partial charge in [0.25, 0.3) is 0 Å². The monoisotopic (exact) mass is 577 g/mol. The van der Waals surface area contributed by atoms with Gasteiger partial charge in [-0.1, -0.05) is 84.9 Å². The Morgan fingerprint density at radius 2 is 0.955 bits per heavy atom. The third-order valence-corrected chi connectivity index (χ3v) is 8.38. The van der Waals surface area contributed by atoms with Gasteiger partial charge in [0.15, 0.2) is 5.69 Å². The van der Waals surface area contributed by atoms with Crippen LogP contribution in [0.25, 0.3) is 71.0 Å². The van der Waals surface area contributed by atoms with Crippen molar-refractivity contribution in [3.63, 3.8) is 0 Å². The average Bonchev–Trinajstić information content (AvgIpc) is 3.57. The van der Waals surface area contributed by atoms with Crippen molar-refractivity contribution in [3.8, 4) is 22.5 Å². The van der Waals surface area contributed by atoms with Gasteiger partial charge in [-0.2, -0.15) is 13.2 Å². The molecule has 0 spiro atoms. The molecule has 0 aliphatic heterocycles. The van der Waals surface area contributed by atoms with Gasteiger partial charge < -0.3 is 9.13 Å². The van der Waals surface area contributed by atoms with Gasteiger partial charge in [-0.25, -0.2) is 4.85 Å². The van der Waals surface area contributed by atoms with Crippen LogP contribution in [0, 0.1) is 6.57 Å². The number of halogens is 3. The minimum absolute atomic E-state index is 0.269. The molecule has 0 aliphatic carbocycles. The molecular weight excluding hydrogens is 555 g/mol. The van der Waals surface area contributed by atoms with Crippen LogP contribution in [0.3, 0.4) is 0 Å². The Balaban J connectivity index is 1.55. The van der Waals surface area contributed by atoms with Crippen LogP contribution >= 0.6 is 0 Å². The lowest BCUT2D eigenvalue weighted by Gasteiger charge is -2.21. The van der Waals surface area contributed by atoms with E-state index >= 15 is 0 Å². The number of hydrogen-bond donors (Lipinski definition) is 0. The molecule has 0 saturated heterocycles. The van der Waals surface area contributed by atoms with E-state index < -0.39 is 11.7 Å². The summed E-state index contributed by atoms with van der Waals surface area (Å²) in [6.07, 6.45) is -4.58. The highest BCUT2D eigenvalue weighted by molar-refractivity contribution is 6.12. The summed E-state index contributed by atoms with van der Waals surface area (Å²) in [4.78, 5) is 3.86. The Hall–Kier alpha value is -5.80. The second-order valence-electron chi connectivity index (χ2n) is 10.8. The van der Waals surface area contributed by atoms with Crippen LogP contribution in [0.2, 0.25) is 0 Å². The fourth-order valence-corrected chi connectivity index (χ4v) is 6.56. The highest BCUT2D eigenvalue weighted by Gasteiger charge is 2.32. The average molecular weight is 578 g/mol. The molecule has 3 nitrogen and oxygen atoms in total. The molecule has 0 amide bonds. The fraction of sp³-hybridized carbons (Fsp3) is 0.0263. The maximum atomic E-state index is 14.4. The van der Waals surface area contributed by atoms with E-state index in [0.29, 0.717) is 22.5 Å². The van der Waals surface area contributed by atoms with Gasteiger partial charge in [0.2, 0.25) is 0 Å². The maximum absolute atomic E-state index is 14.4. The predicted octanol–water partition coefficient (Wildman–Crippen LogP) is 11.1. The molecule has 6 aromatic carbocycles. The van der Waals surface area contributed by atoms with Gasteiger partial charge in [0.05, 0.1) is 39.9 Å². The smallest absolute Gasteiger partial charge is 0.310 e. The van der Waals surface area contributed by atoms with Crippen molar-refractivity contribution < 1.29 is 13.2 Å². The first-order valence-electron chi connectivity index (χ1n) is 14.1. The van der Waals surface area contributed by atoms with Gasteiger partial charge in [-0.3, -0.25) is 0 Å². The SMILES string of the molecule is [C-]#[N+]c1cccc(-n2c3ccccc3c3ccccc32)c1-c1cc(C(F)(F)F)ccc1-n1c2ccccc2c2ccccc21. The van der Waals surface area contributed by atoms with E-state index in [2.05, 4.69) is 9.41 Å². The van der Waals surface area contributed by atoms with Crippen molar-refractivity contribution >= 4 is 49.3 Å². The summed E-state index contributed by atoms with van der Waals surface area (Å²) in [7, 11) is 0. The van der Waals surface area contributed by atoms with Crippen LogP contribution in [0.4, 0.5) is 18.9 Å². The van der Waals surface area contributed by atoms with Crippen LogP contribution in [0.1, 0.15) is 5.56 Å². The molecule has 0 bridgehead atoms. The Kier molecular flexibility index (Phi) is 5.65. The summed E-state index contributed by atoms with van der Waals surface area (Å²) in [5.74, 6) is 0. The van der Waals surface area contributed by atoms with Crippen LogP contribution in [-0.2, 0) is 6.18 Å². The molecule has 8 rings (SSSR count). The molecule has 2 heterocycles. The zero-order valence-corrected chi connectivity index (χ0v) is 23.2. The van der Waals surface area contributed by atoms with E-state index in [4.69, 9.17) is 6.57 Å². The summed E-state index contributed by atoms with van der Waals surface area (Å²) in [5, 5.41) is 4.04. The quantitative estimate of drug-likeness (QED) is 0.186. The molecule has 2 aromatic heterocycles. The largest absolute Gasteiger partial charge is 0.416 e. The summed E-state index contributed by atoms with van der Waals surface area (Å²) in [6.45, 7) is 8.15. The molecule has 210 valence electrons. The van der Waals surface area contributed by atoms with E-state index in [1.807, 2.05) is 108 Å². The van der Waals surface area contributed by atoms with E-state index in [1.165, 1.54) is 12.1 Å². The maximum Gasteiger partial charge on any atom is 0.416 e. The molecule has 0 radical (unpaired) electrons. The normalized spacial score (nSPS) is 12.0. The third-order valence-electron chi connectivity index (χ3n) is 8.38. The Morgan fingerprint density at radius 3 is 1.41 bits per heavy atom. The lowest BCUT2D eigenvalue weighted by Crippen LogP contribution is -2.08. The molecule has 0 atom stereocenters. The Morgan fingerprint density at radius 1 is 0.500 bits per heavy atom. The molecule has 0 N–H and O–H groups in total. The topological polar surface area (TPSA) is 14.2 Å². The molecule has 0 unspecified atom stereocenters. The van der Waals surface area contributed by atoms with Gasteiger partial charge in [0, 0.05) is 32.8 Å². The Bertz CT molecular complexity index is 2350.